The van der Waals surface area contributed by atoms with Crippen molar-refractivity contribution in [2.24, 2.45) is 0 Å². The van der Waals surface area contributed by atoms with Gasteiger partial charge >= 0.3 is 0 Å². The number of rotatable bonds is 2. The molecule has 0 spiro atoms. The van der Waals surface area contributed by atoms with E-state index in [1.54, 1.807) is 0 Å². The smallest absolute Gasteiger partial charge is 0.0641 e. The molecular formula is C10H11NOS. The molecule has 1 heterocycles. The Hall–Kier alpha value is -1.09. The first kappa shape index (κ1) is 8.51. The molecule has 1 N–H and O–H groups in total. The monoisotopic (exact) mass is 193 g/mol. The number of fused-ring (bicyclic) bond motifs is 1. The van der Waals surface area contributed by atoms with Gasteiger partial charge in [0.1, 0.15) is 0 Å². The van der Waals surface area contributed by atoms with Crippen molar-refractivity contribution in [2.75, 3.05) is 5.75 Å². The summed E-state index contributed by atoms with van der Waals surface area (Å²) in [6.45, 7) is 1.93. The van der Waals surface area contributed by atoms with E-state index in [0.717, 1.165) is 15.8 Å². The van der Waals surface area contributed by atoms with Crippen molar-refractivity contribution in [3.05, 3.63) is 30.5 Å². The molecule has 1 unspecified atom stereocenters. The van der Waals surface area contributed by atoms with E-state index >= 15 is 0 Å². The summed E-state index contributed by atoms with van der Waals surface area (Å²) in [5.74, 6) is 0.668. The van der Waals surface area contributed by atoms with Crippen LogP contribution in [-0.4, -0.2) is 14.9 Å². The van der Waals surface area contributed by atoms with Gasteiger partial charge in [-0.1, -0.05) is 25.1 Å². The van der Waals surface area contributed by atoms with Gasteiger partial charge in [0.2, 0.25) is 0 Å². The Bertz CT molecular complexity index is 447. The first-order valence-electron chi connectivity index (χ1n) is 4.27. The molecule has 0 amide bonds. The Labute approximate surface area is 79.4 Å². The average molecular weight is 193 g/mol. The molecule has 0 saturated carbocycles. The third kappa shape index (κ3) is 1.40. The molecule has 1 atom stereocenters. The van der Waals surface area contributed by atoms with Crippen LogP contribution in [0.1, 0.15) is 6.92 Å². The van der Waals surface area contributed by atoms with Crippen LogP contribution >= 0.6 is 0 Å². The van der Waals surface area contributed by atoms with E-state index in [2.05, 4.69) is 4.98 Å². The third-order valence-corrected chi connectivity index (χ3v) is 3.41. The highest BCUT2D eigenvalue weighted by Crippen LogP contribution is 2.20. The van der Waals surface area contributed by atoms with Gasteiger partial charge in [-0.3, -0.25) is 4.21 Å². The van der Waals surface area contributed by atoms with Crippen LogP contribution in [0.15, 0.2) is 35.4 Å². The van der Waals surface area contributed by atoms with Crippen molar-refractivity contribution < 1.29 is 4.21 Å². The van der Waals surface area contributed by atoms with Gasteiger partial charge in [0.15, 0.2) is 0 Å². The van der Waals surface area contributed by atoms with Crippen LogP contribution in [0.4, 0.5) is 0 Å². The first-order valence-corrected chi connectivity index (χ1v) is 5.59. The Morgan fingerprint density at radius 2 is 2.15 bits per heavy atom. The largest absolute Gasteiger partial charge is 0.360 e. The fourth-order valence-corrected chi connectivity index (χ4v) is 2.31. The highest BCUT2D eigenvalue weighted by atomic mass is 32.2. The number of hydrogen-bond donors (Lipinski definition) is 1. The molecule has 0 aliphatic heterocycles. The maximum atomic E-state index is 11.6. The summed E-state index contributed by atoms with van der Waals surface area (Å²) in [5.41, 5.74) is 1.05. The van der Waals surface area contributed by atoms with E-state index in [0.29, 0.717) is 5.75 Å². The minimum Gasteiger partial charge on any atom is -0.360 e. The minimum absolute atomic E-state index is 0.668. The van der Waals surface area contributed by atoms with E-state index in [1.165, 1.54) is 0 Å². The maximum Gasteiger partial charge on any atom is 0.0641 e. The Morgan fingerprint density at radius 1 is 1.38 bits per heavy atom. The zero-order valence-electron chi connectivity index (χ0n) is 7.41. The summed E-state index contributed by atoms with van der Waals surface area (Å²) in [4.78, 5) is 4.03. The van der Waals surface area contributed by atoms with Gasteiger partial charge < -0.3 is 4.98 Å². The number of H-pyrrole nitrogens is 1. The number of aromatic amines is 1. The van der Waals surface area contributed by atoms with Gasteiger partial charge in [-0.2, -0.15) is 0 Å². The summed E-state index contributed by atoms with van der Waals surface area (Å²) in [7, 11) is -0.865. The lowest BCUT2D eigenvalue weighted by Crippen LogP contribution is -1.91. The van der Waals surface area contributed by atoms with Crippen molar-refractivity contribution in [3.8, 4) is 0 Å². The molecule has 2 aromatic rings. The summed E-state index contributed by atoms with van der Waals surface area (Å²) in [6.07, 6.45) is 1.84. The third-order valence-electron chi connectivity index (χ3n) is 2.06. The second-order valence-electron chi connectivity index (χ2n) is 2.83. The number of hydrogen-bond acceptors (Lipinski definition) is 1. The van der Waals surface area contributed by atoms with E-state index in [9.17, 15) is 4.21 Å². The van der Waals surface area contributed by atoms with Crippen molar-refractivity contribution in [2.45, 2.75) is 11.8 Å². The van der Waals surface area contributed by atoms with Crippen LogP contribution < -0.4 is 0 Å². The van der Waals surface area contributed by atoms with E-state index in [-0.39, 0.29) is 0 Å². The van der Waals surface area contributed by atoms with Gasteiger partial charge in [-0.05, 0) is 6.07 Å². The summed E-state index contributed by atoms with van der Waals surface area (Å²) in [6, 6.07) is 7.92. The predicted molar refractivity (Wildman–Crippen MR) is 55.2 cm³/mol. The van der Waals surface area contributed by atoms with Crippen LogP contribution in [0.3, 0.4) is 0 Å². The molecule has 1 aromatic heterocycles. The minimum atomic E-state index is -0.865. The average Bonchev–Trinajstić information content (AvgIpc) is 2.60. The van der Waals surface area contributed by atoms with Crippen LogP contribution in [0.25, 0.3) is 10.9 Å². The lowest BCUT2D eigenvalue weighted by molar-refractivity contribution is 0.684. The molecule has 0 fully saturated rings. The van der Waals surface area contributed by atoms with Gasteiger partial charge in [-0.25, -0.2) is 0 Å². The second kappa shape index (κ2) is 3.34. The van der Waals surface area contributed by atoms with Gasteiger partial charge in [0, 0.05) is 22.9 Å². The van der Waals surface area contributed by atoms with E-state index < -0.39 is 10.8 Å². The molecule has 1 aromatic carbocycles. The Kier molecular flexibility index (Phi) is 2.19. The number of aromatic nitrogens is 1. The predicted octanol–water partition coefficient (Wildman–Crippen LogP) is 2.30. The van der Waals surface area contributed by atoms with Crippen molar-refractivity contribution in [1.82, 2.24) is 4.98 Å². The molecular weight excluding hydrogens is 182 g/mol. The summed E-state index contributed by atoms with van der Waals surface area (Å²) in [5, 5.41) is 1.07. The molecule has 0 radical (unpaired) electrons. The van der Waals surface area contributed by atoms with Gasteiger partial charge in [0.25, 0.3) is 0 Å². The fraction of sp³-hybridized carbons (Fsp3) is 0.200. The van der Waals surface area contributed by atoms with Crippen LogP contribution in [-0.2, 0) is 10.8 Å². The van der Waals surface area contributed by atoms with Crippen LogP contribution in [0.5, 0.6) is 0 Å². The van der Waals surface area contributed by atoms with Gasteiger partial charge in [-0.15, -0.1) is 0 Å². The molecule has 2 nitrogen and oxygen atoms in total. The lowest BCUT2D eigenvalue weighted by atomic mass is 10.2. The molecule has 0 saturated heterocycles. The fourth-order valence-electron chi connectivity index (χ4n) is 1.39. The number of benzene rings is 1. The van der Waals surface area contributed by atoms with E-state index in [4.69, 9.17) is 0 Å². The lowest BCUT2D eigenvalue weighted by Gasteiger charge is -1.94. The zero-order chi connectivity index (χ0) is 9.26. The topological polar surface area (TPSA) is 32.9 Å². The standard InChI is InChI=1S/C10H11NOS/c1-2-13(12)10-7-11-9-6-4-3-5-8(9)10/h3-7,11H,2H2,1H3. The highest BCUT2D eigenvalue weighted by molar-refractivity contribution is 7.85. The van der Waals surface area contributed by atoms with Gasteiger partial charge in [0.05, 0.1) is 15.7 Å². The molecule has 13 heavy (non-hydrogen) atoms. The number of nitrogens with one attached hydrogen (secondary N) is 1. The van der Waals surface area contributed by atoms with Crippen LogP contribution in [0, 0.1) is 0 Å². The van der Waals surface area contributed by atoms with Crippen molar-refractivity contribution in [3.63, 3.8) is 0 Å². The molecule has 0 aliphatic rings. The summed E-state index contributed by atoms with van der Waals surface area (Å²) < 4.78 is 11.6. The second-order valence-corrected chi connectivity index (χ2v) is 4.54. The van der Waals surface area contributed by atoms with Crippen molar-refractivity contribution >= 4 is 21.7 Å². The normalized spacial score (nSPS) is 13.3. The Morgan fingerprint density at radius 3 is 2.92 bits per heavy atom. The van der Waals surface area contributed by atoms with E-state index in [1.807, 2.05) is 37.4 Å². The van der Waals surface area contributed by atoms with Crippen molar-refractivity contribution in [1.29, 1.82) is 0 Å². The Balaban J connectivity index is 2.64. The number of para-hydroxylation sites is 1. The first-order chi connectivity index (χ1) is 6.33. The SMILES string of the molecule is CCS(=O)c1c[nH]c2ccccc12. The zero-order valence-corrected chi connectivity index (χ0v) is 8.23. The molecule has 3 heteroatoms. The molecule has 0 aliphatic carbocycles. The molecule has 68 valence electrons. The molecule has 2 rings (SSSR count). The quantitative estimate of drug-likeness (QED) is 0.780. The maximum absolute atomic E-state index is 11.6. The highest BCUT2D eigenvalue weighted by Gasteiger charge is 2.07. The summed E-state index contributed by atoms with van der Waals surface area (Å²) >= 11 is 0. The molecule has 0 bridgehead atoms. The van der Waals surface area contributed by atoms with Crippen LogP contribution in [0.2, 0.25) is 0 Å².